The number of aliphatic hydroxyl groups is 1. The fraction of sp³-hybridized carbons (Fsp3) is 0.438. The SMILES string of the molecule is CCn1nccc1-c1ccc(CNC(=O)C2CCCN2C(=O)C(C(C)C)n2cc(-c3c(Cl)cc(COc4c(-c5c(C)ccc6[nH]ncc56)c(C5CC5)cc5c(N6CC7CC6CN7)nc(OC6CCOCC6)nc45)cc3NC)c(C=O)n2)cc1.CO. The highest BCUT2D eigenvalue weighted by Crippen LogP contribution is 2.54. The number of aliphatic hydroxyl groups excluding tert-OH is 1. The molecule has 0 radical (unpaired) electrons. The summed E-state index contributed by atoms with van der Waals surface area (Å²) in [5.74, 6) is 1.09. The number of aldehydes is 1. The lowest BCUT2D eigenvalue weighted by molar-refractivity contribution is -0.142. The van der Waals surface area contributed by atoms with Crippen LogP contribution in [0, 0.1) is 12.8 Å². The van der Waals surface area contributed by atoms with E-state index in [0.717, 1.165) is 120 Å². The van der Waals surface area contributed by atoms with Gasteiger partial charge in [0.05, 0.1) is 35.6 Å². The number of aryl methyl sites for hydroxylation is 2. The molecular formula is C64H74ClN13O7. The van der Waals surface area contributed by atoms with Gasteiger partial charge in [0.25, 0.3) is 0 Å². The van der Waals surface area contributed by atoms with Crippen molar-refractivity contribution in [2.24, 2.45) is 5.92 Å². The molecule has 4 unspecified atom stereocenters. The van der Waals surface area contributed by atoms with Crippen molar-refractivity contribution < 1.29 is 33.7 Å². The molecule has 8 heterocycles. The lowest BCUT2D eigenvalue weighted by atomic mass is 9.89. The number of carbonyl (C=O) groups is 3. The van der Waals surface area contributed by atoms with Gasteiger partial charge in [-0.1, -0.05) is 55.8 Å². The molecule has 1 aliphatic carbocycles. The zero-order valence-corrected chi connectivity index (χ0v) is 49.8. The second-order valence-electron chi connectivity index (χ2n) is 23.2. The number of anilines is 2. The molecule has 5 N–H and O–H groups in total. The zero-order valence-electron chi connectivity index (χ0n) is 49.0. The number of piperazine rings is 1. The summed E-state index contributed by atoms with van der Waals surface area (Å²) in [5.41, 5.74) is 11.4. The van der Waals surface area contributed by atoms with E-state index in [9.17, 15) is 14.4 Å². The molecule has 4 aromatic heterocycles. The minimum absolute atomic E-state index is 0.0911. The van der Waals surface area contributed by atoms with Gasteiger partial charge in [-0.15, -0.1) is 0 Å². The molecule has 85 heavy (non-hydrogen) atoms. The third-order valence-corrected chi connectivity index (χ3v) is 17.8. The summed E-state index contributed by atoms with van der Waals surface area (Å²) in [6.45, 7) is 12.6. The molecular weight excluding hydrogens is 1100 g/mol. The van der Waals surface area contributed by atoms with Gasteiger partial charge >= 0.3 is 6.01 Å². The first-order valence-electron chi connectivity index (χ1n) is 29.8. The Balaban J connectivity index is 0.00000351. The van der Waals surface area contributed by atoms with E-state index in [2.05, 4.69) is 68.2 Å². The Morgan fingerprint density at radius 1 is 0.965 bits per heavy atom. The first kappa shape index (κ1) is 57.5. The Labute approximate surface area is 499 Å². The molecule has 4 aliphatic heterocycles. The molecule has 5 aliphatic rings. The van der Waals surface area contributed by atoms with E-state index >= 15 is 0 Å². The lowest BCUT2D eigenvalue weighted by Crippen LogP contribution is -2.48. The van der Waals surface area contributed by atoms with Gasteiger partial charge in [-0.2, -0.15) is 25.3 Å². The number of aromatic nitrogens is 8. The van der Waals surface area contributed by atoms with Crippen LogP contribution in [0.2, 0.25) is 5.02 Å². The van der Waals surface area contributed by atoms with Gasteiger partial charge in [-0.05, 0) is 121 Å². The molecule has 2 bridgehead atoms. The van der Waals surface area contributed by atoms with Crippen LogP contribution in [0.1, 0.15) is 110 Å². The van der Waals surface area contributed by atoms with Crippen molar-refractivity contribution in [3.63, 3.8) is 0 Å². The van der Waals surface area contributed by atoms with E-state index in [-0.39, 0.29) is 42.2 Å². The predicted octanol–water partition coefficient (Wildman–Crippen LogP) is 9.41. The Hall–Kier alpha value is -7.91. The average molecular weight is 1170 g/mol. The van der Waals surface area contributed by atoms with Crippen molar-refractivity contribution in [3.8, 4) is 45.3 Å². The fourth-order valence-corrected chi connectivity index (χ4v) is 13.5. The monoisotopic (exact) mass is 1170 g/mol. The van der Waals surface area contributed by atoms with E-state index in [1.54, 1.807) is 29.0 Å². The van der Waals surface area contributed by atoms with Crippen molar-refractivity contribution in [1.82, 2.24) is 55.3 Å². The number of fused-ring (bicyclic) bond motifs is 4. The number of H-pyrrole nitrogens is 1. The summed E-state index contributed by atoms with van der Waals surface area (Å²) in [5, 5.41) is 36.3. The van der Waals surface area contributed by atoms with Crippen LogP contribution in [0.15, 0.2) is 79.3 Å². The summed E-state index contributed by atoms with van der Waals surface area (Å²) in [7, 11) is 2.81. The molecule has 20 nitrogen and oxygen atoms in total. The average Bonchev–Trinajstić information content (AvgIpc) is 2.38. The second-order valence-corrected chi connectivity index (χ2v) is 23.6. The largest absolute Gasteiger partial charge is 0.486 e. The Bertz CT molecular complexity index is 3770. The molecule has 4 saturated heterocycles. The summed E-state index contributed by atoms with van der Waals surface area (Å²) in [6, 6.07) is 19.9. The van der Waals surface area contributed by atoms with Crippen molar-refractivity contribution in [3.05, 3.63) is 112 Å². The van der Waals surface area contributed by atoms with Crippen molar-refractivity contribution in [2.45, 2.75) is 129 Å². The Kier molecular flexibility index (Phi) is 16.6. The molecule has 5 fully saturated rings. The quantitative estimate of drug-likeness (QED) is 0.0475. The molecule has 1 saturated carbocycles. The number of rotatable bonds is 19. The van der Waals surface area contributed by atoms with Crippen LogP contribution in [0.4, 0.5) is 11.5 Å². The molecule has 4 aromatic carbocycles. The minimum Gasteiger partial charge on any atom is -0.486 e. The summed E-state index contributed by atoms with van der Waals surface area (Å²) < 4.78 is 23.3. The summed E-state index contributed by atoms with van der Waals surface area (Å²) in [4.78, 5) is 56.5. The molecule has 4 atom stereocenters. The number of halogens is 1. The van der Waals surface area contributed by atoms with Crippen LogP contribution in [-0.4, -0.2) is 139 Å². The number of nitrogens with one attached hydrogen (secondary N) is 4. The molecule has 444 valence electrons. The van der Waals surface area contributed by atoms with Gasteiger partial charge in [0.15, 0.2) is 12.0 Å². The number of benzene rings is 4. The number of hydrogen-bond donors (Lipinski definition) is 5. The van der Waals surface area contributed by atoms with Crippen molar-refractivity contribution in [1.29, 1.82) is 0 Å². The third-order valence-electron chi connectivity index (χ3n) is 17.5. The third kappa shape index (κ3) is 11.2. The molecule has 8 aromatic rings. The van der Waals surface area contributed by atoms with E-state index in [4.69, 9.17) is 46.0 Å². The highest BCUT2D eigenvalue weighted by molar-refractivity contribution is 6.34. The van der Waals surface area contributed by atoms with Gasteiger partial charge in [-0.3, -0.25) is 28.8 Å². The van der Waals surface area contributed by atoms with Crippen molar-refractivity contribution in [2.75, 3.05) is 57.2 Å². The first-order valence-corrected chi connectivity index (χ1v) is 30.2. The van der Waals surface area contributed by atoms with E-state index in [1.165, 1.54) is 5.56 Å². The minimum atomic E-state index is -0.819. The standard InChI is InChI=1S/C63H70ClN13O6.CH4O/c1-6-76-52(17-20-69-76)40-12-10-37(11-13-40)28-67-61(79)53-8-7-21-74(53)62(80)58(35(2)3)77-32-47(51(33-78)73-77)55-48(64)24-38(25-50(55)65-5)34-82-59-56(54-36(4)9-16-49-46(54)30-68-72-49)44(39-14-15-39)27-45-57(59)70-63(83-43-18-22-81-23-19-43)71-60(45)75-31-41-26-42(75)29-66-41;1-2/h9-13,16-17,20,24-25,27,30,32-33,35,39,41-43,53,58,65-66H,6-8,14-15,18-19,21-23,26,28-29,31,34H2,1-5H3,(H,67,79)(H,68,72);2H,1H3. The number of carbonyl (C=O) groups excluding carboxylic acids is 3. The molecule has 2 amide bonds. The first-order chi connectivity index (χ1) is 41.5. The molecule has 21 heteroatoms. The van der Waals surface area contributed by atoms with Crippen LogP contribution >= 0.6 is 11.6 Å². The number of aromatic amines is 1. The van der Waals surface area contributed by atoms with Crippen molar-refractivity contribution >= 4 is 63.0 Å². The number of hydrogen-bond acceptors (Lipinski definition) is 15. The van der Waals surface area contributed by atoms with E-state index < -0.39 is 12.1 Å². The Morgan fingerprint density at radius 2 is 1.78 bits per heavy atom. The van der Waals surface area contributed by atoms with Crippen LogP contribution in [-0.2, 0) is 34.0 Å². The molecule has 13 rings (SSSR count). The van der Waals surface area contributed by atoms with Crippen LogP contribution in [0.25, 0.3) is 55.3 Å². The maximum atomic E-state index is 14.8. The van der Waals surface area contributed by atoms with Crippen LogP contribution in [0.5, 0.6) is 11.8 Å². The topological polar surface area (TPSA) is 232 Å². The van der Waals surface area contributed by atoms with E-state index in [0.29, 0.717) is 96.5 Å². The summed E-state index contributed by atoms with van der Waals surface area (Å²) in [6.07, 6.45) is 11.9. The van der Waals surface area contributed by atoms with Gasteiger partial charge in [0.1, 0.15) is 41.8 Å². The van der Waals surface area contributed by atoms with Gasteiger partial charge in [-0.25, -0.2) is 0 Å². The maximum absolute atomic E-state index is 14.8. The Morgan fingerprint density at radius 3 is 2.49 bits per heavy atom. The van der Waals surface area contributed by atoms with Gasteiger partial charge < -0.3 is 45.1 Å². The normalized spacial score (nSPS) is 19.0. The number of likely N-dealkylation sites (tertiary alicyclic amines) is 1. The predicted molar refractivity (Wildman–Crippen MR) is 327 cm³/mol. The maximum Gasteiger partial charge on any atom is 0.319 e. The lowest BCUT2D eigenvalue weighted by Gasteiger charge is -2.31. The highest BCUT2D eigenvalue weighted by atomic mass is 35.5. The summed E-state index contributed by atoms with van der Waals surface area (Å²) >= 11 is 7.42. The highest BCUT2D eigenvalue weighted by Gasteiger charge is 2.42. The smallest absolute Gasteiger partial charge is 0.319 e. The van der Waals surface area contributed by atoms with Crippen LogP contribution < -0.4 is 30.3 Å². The number of amides is 2. The fourth-order valence-electron chi connectivity index (χ4n) is 13.1. The zero-order chi connectivity index (χ0) is 59.0. The molecule has 0 spiro atoms. The van der Waals surface area contributed by atoms with E-state index in [1.807, 2.05) is 67.2 Å². The van der Waals surface area contributed by atoms with Gasteiger partial charge in [0.2, 0.25) is 11.8 Å². The second kappa shape index (κ2) is 24.6. The number of nitrogens with zero attached hydrogens (tertiary/aromatic N) is 9. The van der Waals surface area contributed by atoms with Crippen LogP contribution in [0.3, 0.4) is 0 Å². The van der Waals surface area contributed by atoms with Gasteiger partial charge in [0, 0.05) is 117 Å². The number of ether oxygens (including phenoxy) is 3.